The number of ketones is 1. The molecule has 0 unspecified atom stereocenters. The van der Waals surface area contributed by atoms with Crippen molar-refractivity contribution in [3.8, 4) is 0 Å². The van der Waals surface area contributed by atoms with Gasteiger partial charge in [0.2, 0.25) is 0 Å². The molecule has 1 aromatic carbocycles. The number of fused-ring (bicyclic) bond motifs is 3. The van der Waals surface area contributed by atoms with E-state index in [-0.39, 0.29) is 11.2 Å². The molecule has 0 fully saturated rings. The maximum absolute atomic E-state index is 12.0. The Morgan fingerprint density at radius 1 is 1.25 bits per heavy atom. The zero-order chi connectivity index (χ0) is 14.4. The van der Waals surface area contributed by atoms with E-state index in [2.05, 4.69) is 4.98 Å². The van der Waals surface area contributed by atoms with Crippen LogP contribution >= 0.6 is 11.6 Å². The van der Waals surface area contributed by atoms with Crippen molar-refractivity contribution >= 4 is 39.3 Å². The van der Waals surface area contributed by atoms with Gasteiger partial charge in [0.05, 0.1) is 10.9 Å². The molecule has 0 bridgehead atoms. The number of pyridine rings is 1. The van der Waals surface area contributed by atoms with Crippen LogP contribution in [0.25, 0.3) is 21.9 Å². The molecule has 2 heterocycles. The van der Waals surface area contributed by atoms with Crippen LogP contribution in [0.2, 0.25) is 5.02 Å². The molecule has 0 spiro atoms. The molecule has 0 aliphatic carbocycles. The van der Waals surface area contributed by atoms with Gasteiger partial charge in [-0.3, -0.25) is 9.78 Å². The average Bonchev–Trinajstić information content (AvgIpc) is 2.39. The smallest absolute Gasteiger partial charge is 0.345 e. The highest BCUT2D eigenvalue weighted by Gasteiger charge is 2.14. The normalized spacial score (nSPS) is 11.2. The second kappa shape index (κ2) is 4.42. The van der Waals surface area contributed by atoms with Crippen LogP contribution in [0.3, 0.4) is 0 Å². The van der Waals surface area contributed by atoms with Crippen molar-refractivity contribution in [2.75, 3.05) is 0 Å². The van der Waals surface area contributed by atoms with Gasteiger partial charge in [0.1, 0.15) is 5.58 Å². The number of hydrogen-bond donors (Lipinski definition) is 0. The van der Waals surface area contributed by atoms with E-state index in [4.69, 9.17) is 16.0 Å². The van der Waals surface area contributed by atoms with Crippen molar-refractivity contribution in [2.45, 2.75) is 13.8 Å². The van der Waals surface area contributed by atoms with Crippen molar-refractivity contribution in [3.63, 3.8) is 0 Å². The van der Waals surface area contributed by atoms with E-state index < -0.39 is 5.63 Å². The monoisotopic (exact) mass is 287 g/mol. The zero-order valence-electron chi connectivity index (χ0n) is 10.9. The van der Waals surface area contributed by atoms with Crippen LogP contribution < -0.4 is 5.63 Å². The first-order valence-corrected chi connectivity index (χ1v) is 6.40. The summed E-state index contributed by atoms with van der Waals surface area (Å²) < 4.78 is 5.24. The highest BCUT2D eigenvalue weighted by Crippen LogP contribution is 2.25. The molecule has 0 saturated heterocycles. The predicted octanol–water partition coefficient (Wildman–Crippen LogP) is 3.51. The lowest BCUT2D eigenvalue weighted by atomic mass is 10.1. The largest absolute Gasteiger partial charge is 0.422 e. The quantitative estimate of drug-likeness (QED) is 0.390. The molecule has 0 amide bonds. The van der Waals surface area contributed by atoms with Crippen molar-refractivity contribution in [2.24, 2.45) is 0 Å². The van der Waals surface area contributed by atoms with E-state index in [9.17, 15) is 9.59 Å². The molecule has 5 heteroatoms. The molecule has 100 valence electrons. The van der Waals surface area contributed by atoms with Crippen LogP contribution in [-0.2, 0) is 0 Å². The summed E-state index contributed by atoms with van der Waals surface area (Å²) >= 11 is 5.98. The number of benzene rings is 1. The van der Waals surface area contributed by atoms with E-state index >= 15 is 0 Å². The molecule has 0 atom stereocenters. The first-order chi connectivity index (χ1) is 9.47. The molecule has 3 rings (SSSR count). The summed E-state index contributed by atoms with van der Waals surface area (Å²) in [5.74, 6) is -0.137. The van der Waals surface area contributed by atoms with Crippen LogP contribution in [0.15, 0.2) is 33.5 Å². The summed E-state index contributed by atoms with van der Waals surface area (Å²) in [5.41, 5.74) is 1.42. The summed E-state index contributed by atoms with van der Waals surface area (Å²) in [5, 5.41) is 1.48. The third-order valence-electron chi connectivity index (χ3n) is 3.21. The molecule has 0 aliphatic heterocycles. The van der Waals surface area contributed by atoms with E-state index in [1.807, 2.05) is 0 Å². The molecular formula is C15H10ClNO3. The van der Waals surface area contributed by atoms with Gasteiger partial charge in [-0.05, 0) is 38.1 Å². The first kappa shape index (κ1) is 12.8. The Kier molecular flexibility index (Phi) is 2.83. The zero-order valence-corrected chi connectivity index (χ0v) is 11.6. The Bertz CT molecular complexity index is 928. The highest BCUT2D eigenvalue weighted by molar-refractivity contribution is 6.31. The van der Waals surface area contributed by atoms with Gasteiger partial charge in [-0.15, -0.1) is 0 Å². The second-order valence-electron chi connectivity index (χ2n) is 4.60. The van der Waals surface area contributed by atoms with Gasteiger partial charge in [0, 0.05) is 21.7 Å². The Hall–Kier alpha value is -2.20. The second-order valence-corrected chi connectivity index (χ2v) is 5.04. The molecule has 20 heavy (non-hydrogen) atoms. The van der Waals surface area contributed by atoms with Gasteiger partial charge in [0.25, 0.3) is 0 Å². The number of halogens is 1. The van der Waals surface area contributed by atoms with Gasteiger partial charge in [-0.2, -0.15) is 0 Å². The van der Waals surface area contributed by atoms with Crippen molar-refractivity contribution in [3.05, 3.63) is 51.0 Å². The molecule has 0 radical (unpaired) electrons. The average molecular weight is 288 g/mol. The maximum atomic E-state index is 12.0. The van der Waals surface area contributed by atoms with E-state index in [1.165, 1.54) is 13.0 Å². The van der Waals surface area contributed by atoms with Gasteiger partial charge in [0.15, 0.2) is 5.78 Å². The number of hydrogen-bond acceptors (Lipinski definition) is 4. The third kappa shape index (κ3) is 1.89. The third-order valence-corrected chi connectivity index (χ3v) is 3.45. The topological polar surface area (TPSA) is 60.2 Å². The van der Waals surface area contributed by atoms with Gasteiger partial charge in [-0.25, -0.2) is 4.79 Å². The van der Waals surface area contributed by atoms with Crippen molar-refractivity contribution in [1.82, 2.24) is 4.98 Å². The summed E-state index contributed by atoms with van der Waals surface area (Å²) in [4.78, 5) is 27.9. The Labute approximate surface area is 119 Å². The van der Waals surface area contributed by atoms with Gasteiger partial charge in [-0.1, -0.05) is 11.6 Å². The summed E-state index contributed by atoms with van der Waals surface area (Å²) in [6.45, 7) is 3.18. The van der Waals surface area contributed by atoms with Crippen LogP contribution in [0.4, 0.5) is 0 Å². The van der Waals surface area contributed by atoms with Gasteiger partial charge >= 0.3 is 5.63 Å². The number of carbonyl (C=O) groups is 1. The van der Waals surface area contributed by atoms with E-state index in [1.54, 1.807) is 25.1 Å². The Balaban J connectivity index is 2.56. The fraction of sp³-hybridized carbons (Fsp3) is 0.133. The lowest BCUT2D eigenvalue weighted by Crippen LogP contribution is -2.06. The van der Waals surface area contributed by atoms with E-state index in [0.717, 1.165) is 0 Å². The first-order valence-electron chi connectivity index (χ1n) is 6.02. The number of aryl methyl sites for hydroxylation is 1. The minimum absolute atomic E-state index is 0.137. The lowest BCUT2D eigenvalue weighted by Gasteiger charge is -2.06. The number of rotatable bonds is 1. The minimum Gasteiger partial charge on any atom is -0.422 e. The standard InChI is InChI=1S/C15H10ClNO3/c1-7-10(8(2)18)6-12-14(17-7)11-5-9(16)3-4-13(11)20-15(12)19/h3-6H,1-2H3. The SMILES string of the molecule is CC(=O)c1cc2c(=O)oc3ccc(Cl)cc3c2nc1C. The molecule has 0 aliphatic rings. The molecule has 4 nitrogen and oxygen atoms in total. The van der Waals surface area contributed by atoms with Crippen LogP contribution in [-0.4, -0.2) is 10.8 Å². The minimum atomic E-state index is -0.509. The molecule has 0 saturated carbocycles. The van der Waals surface area contributed by atoms with Crippen LogP contribution in [0.5, 0.6) is 0 Å². The lowest BCUT2D eigenvalue weighted by molar-refractivity contribution is 0.101. The highest BCUT2D eigenvalue weighted by atomic mass is 35.5. The van der Waals surface area contributed by atoms with E-state index in [0.29, 0.717) is 32.8 Å². The Morgan fingerprint density at radius 3 is 2.70 bits per heavy atom. The molecule has 0 N–H and O–H groups in total. The van der Waals surface area contributed by atoms with Crippen LogP contribution in [0, 0.1) is 6.92 Å². The molecule has 3 aromatic rings. The summed E-state index contributed by atoms with van der Waals surface area (Å²) in [6.07, 6.45) is 0. The summed E-state index contributed by atoms with van der Waals surface area (Å²) in [7, 11) is 0. The van der Waals surface area contributed by atoms with Crippen LogP contribution in [0.1, 0.15) is 23.0 Å². The molecule has 2 aromatic heterocycles. The number of nitrogens with zero attached hydrogens (tertiary/aromatic N) is 1. The fourth-order valence-corrected chi connectivity index (χ4v) is 2.43. The predicted molar refractivity (Wildman–Crippen MR) is 77.5 cm³/mol. The fourth-order valence-electron chi connectivity index (χ4n) is 2.25. The number of aromatic nitrogens is 1. The van der Waals surface area contributed by atoms with Crippen molar-refractivity contribution < 1.29 is 9.21 Å². The number of carbonyl (C=O) groups excluding carboxylic acids is 1. The maximum Gasteiger partial charge on any atom is 0.345 e. The number of Topliss-reactive ketones (excluding diaryl/α,β-unsaturated/α-hetero) is 1. The summed E-state index contributed by atoms with van der Waals surface area (Å²) in [6, 6.07) is 6.51. The van der Waals surface area contributed by atoms with Crippen molar-refractivity contribution in [1.29, 1.82) is 0 Å². The molecular weight excluding hydrogens is 278 g/mol. The van der Waals surface area contributed by atoms with Gasteiger partial charge < -0.3 is 4.42 Å². The Morgan fingerprint density at radius 2 is 2.00 bits per heavy atom.